The number of guanidine groups is 1. The van der Waals surface area contributed by atoms with Gasteiger partial charge in [-0.25, -0.2) is 0 Å². The number of hydrogen-bond donors (Lipinski definition) is 2. The quantitative estimate of drug-likeness (QED) is 0.499. The van der Waals surface area contributed by atoms with Gasteiger partial charge in [-0.05, 0) is 18.1 Å². The summed E-state index contributed by atoms with van der Waals surface area (Å²) in [7, 11) is 1.77. The molecule has 0 radical (unpaired) electrons. The molecule has 3 rings (SSSR count). The normalized spacial score (nSPS) is 11.6. The molecular formula is C21H25N5O. The summed E-state index contributed by atoms with van der Waals surface area (Å²) in [5.41, 5.74) is 2.54. The highest BCUT2D eigenvalue weighted by atomic mass is 16.5. The van der Waals surface area contributed by atoms with Crippen LogP contribution in [0.4, 0.5) is 0 Å². The first-order valence-electron chi connectivity index (χ1n) is 9.10. The van der Waals surface area contributed by atoms with Crippen LogP contribution in [0.25, 0.3) is 0 Å². The number of aryl methyl sites for hydroxylation is 1. The van der Waals surface area contributed by atoms with Crippen LogP contribution < -0.4 is 10.6 Å². The number of benzene rings is 2. The Morgan fingerprint density at radius 2 is 1.63 bits per heavy atom. The summed E-state index contributed by atoms with van der Waals surface area (Å²) in [5.74, 6) is 2.27. The van der Waals surface area contributed by atoms with Crippen LogP contribution in [-0.2, 0) is 6.42 Å². The second-order valence-electron chi connectivity index (χ2n) is 6.24. The van der Waals surface area contributed by atoms with E-state index in [1.807, 2.05) is 19.1 Å². The minimum atomic E-state index is 0.240. The molecule has 1 aromatic heterocycles. The molecule has 0 unspecified atom stereocenters. The van der Waals surface area contributed by atoms with Crippen molar-refractivity contribution < 1.29 is 4.52 Å². The maximum Gasteiger partial charge on any atom is 0.228 e. The molecule has 140 valence electrons. The third-order valence-corrected chi connectivity index (χ3v) is 4.30. The fourth-order valence-corrected chi connectivity index (χ4v) is 2.95. The molecule has 0 bridgehead atoms. The van der Waals surface area contributed by atoms with E-state index in [9.17, 15) is 0 Å². The van der Waals surface area contributed by atoms with Gasteiger partial charge in [0.15, 0.2) is 11.8 Å². The van der Waals surface area contributed by atoms with Crippen molar-refractivity contribution in [2.45, 2.75) is 19.3 Å². The number of hydrogen-bond acceptors (Lipinski definition) is 4. The van der Waals surface area contributed by atoms with Crippen LogP contribution in [0.15, 0.2) is 70.2 Å². The van der Waals surface area contributed by atoms with Gasteiger partial charge >= 0.3 is 0 Å². The molecule has 2 aromatic carbocycles. The molecule has 3 aromatic rings. The van der Waals surface area contributed by atoms with E-state index in [-0.39, 0.29) is 5.92 Å². The van der Waals surface area contributed by atoms with E-state index in [2.05, 4.69) is 74.3 Å². The first kappa shape index (κ1) is 18.6. The highest BCUT2D eigenvalue weighted by molar-refractivity contribution is 5.79. The molecule has 0 fully saturated rings. The standard InChI is InChI=1S/C21H25N5O/c1-16-25-20(27-26-16)13-14-23-21(22-2)24-15-19(17-9-5-3-6-10-17)18-11-7-4-8-12-18/h3-12,19H,13-15H2,1-2H3,(H2,22,23,24). The number of nitrogens with one attached hydrogen (secondary N) is 2. The predicted molar refractivity (Wildman–Crippen MR) is 107 cm³/mol. The molecular weight excluding hydrogens is 338 g/mol. The highest BCUT2D eigenvalue weighted by Gasteiger charge is 2.14. The number of rotatable bonds is 7. The van der Waals surface area contributed by atoms with Gasteiger partial charge < -0.3 is 15.2 Å². The molecule has 0 saturated heterocycles. The summed E-state index contributed by atoms with van der Waals surface area (Å²) >= 11 is 0. The van der Waals surface area contributed by atoms with Gasteiger partial charge in [-0.3, -0.25) is 4.99 Å². The van der Waals surface area contributed by atoms with Crippen molar-refractivity contribution in [1.29, 1.82) is 0 Å². The average Bonchev–Trinajstić information content (AvgIpc) is 3.13. The Hall–Kier alpha value is -3.15. The lowest BCUT2D eigenvalue weighted by molar-refractivity contribution is 0.374. The zero-order valence-electron chi connectivity index (χ0n) is 15.7. The smallest absolute Gasteiger partial charge is 0.228 e. The van der Waals surface area contributed by atoms with Crippen molar-refractivity contribution >= 4 is 5.96 Å². The lowest BCUT2D eigenvalue weighted by atomic mass is 9.91. The van der Waals surface area contributed by atoms with Crippen LogP contribution >= 0.6 is 0 Å². The maximum atomic E-state index is 5.13. The van der Waals surface area contributed by atoms with Gasteiger partial charge in [0.1, 0.15) is 0 Å². The minimum absolute atomic E-state index is 0.240. The molecule has 0 atom stereocenters. The van der Waals surface area contributed by atoms with E-state index in [4.69, 9.17) is 4.52 Å². The summed E-state index contributed by atoms with van der Waals surface area (Å²) in [4.78, 5) is 8.52. The molecule has 0 spiro atoms. The van der Waals surface area contributed by atoms with Crippen LogP contribution in [0.5, 0.6) is 0 Å². The Kier molecular flexibility index (Phi) is 6.57. The van der Waals surface area contributed by atoms with Gasteiger partial charge in [-0.2, -0.15) is 4.98 Å². The van der Waals surface area contributed by atoms with Gasteiger partial charge in [0.2, 0.25) is 5.89 Å². The minimum Gasteiger partial charge on any atom is -0.356 e. The first-order valence-corrected chi connectivity index (χ1v) is 9.10. The highest BCUT2D eigenvalue weighted by Crippen LogP contribution is 2.23. The van der Waals surface area contributed by atoms with Gasteiger partial charge in [0, 0.05) is 32.5 Å². The van der Waals surface area contributed by atoms with Gasteiger partial charge in [-0.15, -0.1) is 0 Å². The summed E-state index contributed by atoms with van der Waals surface area (Å²) in [5, 5.41) is 10.5. The molecule has 6 heteroatoms. The average molecular weight is 363 g/mol. The first-order chi connectivity index (χ1) is 13.3. The van der Waals surface area contributed by atoms with Gasteiger partial charge in [-0.1, -0.05) is 65.8 Å². The second-order valence-corrected chi connectivity index (χ2v) is 6.24. The molecule has 27 heavy (non-hydrogen) atoms. The molecule has 0 amide bonds. The van der Waals surface area contributed by atoms with Crippen molar-refractivity contribution in [1.82, 2.24) is 20.8 Å². The SMILES string of the molecule is CN=C(NCCc1nc(C)no1)NCC(c1ccccc1)c1ccccc1. The maximum absolute atomic E-state index is 5.13. The third kappa shape index (κ3) is 5.41. The number of aromatic nitrogens is 2. The van der Waals surface area contributed by atoms with Crippen LogP contribution in [-0.4, -0.2) is 36.2 Å². The largest absolute Gasteiger partial charge is 0.356 e. The topological polar surface area (TPSA) is 75.3 Å². The van der Waals surface area contributed by atoms with Crippen molar-refractivity contribution in [2.75, 3.05) is 20.1 Å². The summed E-state index contributed by atoms with van der Waals surface area (Å²) in [6.45, 7) is 3.23. The van der Waals surface area contributed by atoms with E-state index in [1.165, 1.54) is 11.1 Å². The summed E-state index contributed by atoms with van der Waals surface area (Å²) in [6.07, 6.45) is 0.655. The molecule has 0 saturated carbocycles. The summed E-state index contributed by atoms with van der Waals surface area (Å²) < 4.78 is 5.13. The Bertz CT molecular complexity index is 806. The van der Waals surface area contributed by atoms with E-state index >= 15 is 0 Å². The van der Waals surface area contributed by atoms with E-state index < -0.39 is 0 Å². The lowest BCUT2D eigenvalue weighted by Crippen LogP contribution is -2.40. The van der Waals surface area contributed by atoms with E-state index in [0.29, 0.717) is 24.7 Å². The van der Waals surface area contributed by atoms with E-state index in [0.717, 1.165) is 12.5 Å². The third-order valence-electron chi connectivity index (χ3n) is 4.30. The number of aliphatic imine (C=N–C) groups is 1. The van der Waals surface area contributed by atoms with E-state index in [1.54, 1.807) is 7.05 Å². The fraction of sp³-hybridized carbons (Fsp3) is 0.286. The van der Waals surface area contributed by atoms with Gasteiger partial charge in [0.25, 0.3) is 0 Å². The molecule has 0 aliphatic carbocycles. The Morgan fingerprint density at radius 3 is 2.15 bits per heavy atom. The zero-order chi connectivity index (χ0) is 18.9. The van der Waals surface area contributed by atoms with Crippen LogP contribution in [0, 0.1) is 6.92 Å². The molecule has 6 nitrogen and oxygen atoms in total. The predicted octanol–water partition coefficient (Wildman–Crippen LogP) is 2.92. The zero-order valence-corrected chi connectivity index (χ0v) is 15.7. The van der Waals surface area contributed by atoms with Crippen molar-refractivity contribution in [3.63, 3.8) is 0 Å². The lowest BCUT2D eigenvalue weighted by Gasteiger charge is -2.20. The summed E-state index contributed by atoms with van der Waals surface area (Å²) in [6, 6.07) is 21.0. The Balaban J connectivity index is 1.60. The Morgan fingerprint density at radius 1 is 1.00 bits per heavy atom. The van der Waals surface area contributed by atoms with Crippen LogP contribution in [0.1, 0.15) is 28.8 Å². The van der Waals surface area contributed by atoms with Crippen LogP contribution in [0.3, 0.4) is 0 Å². The monoisotopic (exact) mass is 363 g/mol. The molecule has 0 aliphatic rings. The van der Waals surface area contributed by atoms with Crippen molar-refractivity contribution in [2.24, 2.45) is 4.99 Å². The van der Waals surface area contributed by atoms with Gasteiger partial charge in [0.05, 0.1) is 0 Å². The second kappa shape index (κ2) is 9.52. The van der Waals surface area contributed by atoms with Crippen molar-refractivity contribution in [3.8, 4) is 0 Å². The molecule has 0 aliphatic heterocycles. The molecule has 2 N–H and O–H groups in total. The number of nitrogens with zero attached hydrogens (tertiary/aromatic N) is 3. The Labute approximate surface area is 159 Å². The van der Waals surface area contributed by atoms with Crippen LogP contribution in [0.2, 0.25) is 0 Å². The molecule has 1 heterocycles. The fourth-order valence-electron chi connectivity index (χ4n) is 2.95. The van der Waals surface area contributed by atoms with Crippen molar-refractivity contribution in [3.05, 3.63) is 83.5 Å².